The Morgan fingerprint density at radius 1 is 1.25 bits per heavy atom. The number of hydrogen-bond acceptors (Lipinski definition) is 4. The standard InChI is InChI=1S/C17H23Br3O4/c1-24-17(23)10-4-9-16(22)15(20)8-3-7-14(21)6-2-5-13(19)11-12-18/h3,5,7-8,11-12,14,16,21-22H,2,4,6,9-10H2,1H3/b7-3+,12-11-,13-5-,15-8-/t14-,16+/m0/s1. The van der Waals surface area contributed by atoms with E-state index in [1.165, 1.54) is 7.11 Å². The molecule has 0 amide bonds. The molecule has 0 fully saturated rings. The molecule has 4 nitrogen and oxygen atoms in total. The van der Waals surface area contributed by atoms with Crippen LogP contribution >= 0.6 is 47.8 Å². The van der Waals surface area contributed by atoms with Crippen LogP contribution < -0.4 is 0 Å². The molecule has 0 heterocycles. The summed E-state index contributed by atoms with van der Waals surface area (Å²) in [5.41, 5.74) is 0. The summed E-state index contributed by atoms with van der Waals surface area (Å²) in [6, 6.07) is 0. The van der Waals surface area contributed by atoms with Crippen LogP contribution in [-0.4, -0.2) is 35.5 Å². The van der Waals surface area contributed by atoms with Gasteiger partial charge in [-0.1, -0.05) is 66.0 Å². The van der Waals surface area contributed by atoms with Crippen LogP contribution in [0.5, 0.6) is 0 Å². The molecule has 0 aliphatic heterocycles. The van der Waals surface area contributed by atoms with Crippen molar-refractivity contribution in [3.8, 4) is 0 Å². The zero-order valence-electron chi connectivity index (χ0n) is 13.5. The lowest BCUT2D eigenvalue weighted by atomic mass is 10.1. The van der Waals surface area contributed by atoms with E-state index in [4.69, 9.17) is 0 Å². The molecular weight excluding hydrogens is 508 g/mol. The average molecular weight is 531 g/mol. The number of methoxy groups -OCH3 is 1. The van der Waals surface area contributed by atoms with Crippen molar-refractivity contribution in [2.24, 2.45) is 0 Å². The molecule has 0 radical (unpaired) electrons. The monoisotopic (exact) mass is 528 g/mol. The summed E-state index contributed by atoms with van der Waals surface area (Å²) >= 11 is 9.87. The summed E-state index contributed by atoms with van der Waals surface area (Å²) in [4.78, 5) is 12.7. The second-order valence-corrected chi connectivity index (χ2v) is 7.31. The molecule has 2 N–H and O–H groups in total. The maximum atomic E-state index is 11.0. The fraction of sp³-hybridized carbons (Fsp3) is 0.471. The molecule has 0 aromatic carbocycles. The van der Waals surface area contributed by atoms with Crippen LogP contribution in [0.3, 0.4) is 0 Å². The molecule has 0 unspecified atom stereocenters. The van der Waals surface area contributed by atoms with Crippen LogP contribution in [0.1, 0.15) is 32.1 Å². The maximum absolute atomic E-state index is 11.0. The SMILES string of the molecule is COC(=O)CCC[C@@H](O)/C(Br)=C/C=C/[C@@H](O)CC/C=C(Br)/C=C\Br. The lowest BCUT2D eigenvalue weighted by Crippen LogP contribution is -2.08. The minimum absolute atomic E-state index is 0.280. The molecule has 7 heteroatoms. The van der Waals surface area contributed by atoms with E-state index in [1.807, 2.05) is 12.2 Å². The highest BCUT2D eigenvalue weighted by Crippen LogP contribution is 2.17. The molecule has 0 aromatic heterocycles. The van der Waals surface area contributed by atoms with Crippen molar-refractivity contribution in [1.82, 2.24) is 0 Å². The quantitative estimate of drug-likeness (QED) is 0.296. The molecule has 0 bridgehead atoms. The summed E-state index contributed by atoms with van der Waals surface area (Å²) in [5, 5.41) is 19.8. The molecule has 0 saturated heterocycles. The Morgan fingerprint density at radius 3 is 2.58 bits per heavy atom. The Hall–Kier alpha value is -0.210. The van der Waals surface area contributed by atoms with Crippen molar-refractivity contribution < 1.29 is 19.7 Å². The van der Waals surface area contributed by atoms with E-state index in [2.05, 4.69) is 52.5 Å². The highest BCUT2D eigenvalue weighted by Gasteiger charge is 2.09. The summed E-state index contributed by atoms with van der Waals surface area (Å²) in [6.07, 6.45) is 10.3. The molecule has 2 atom stereocenters. The van der Waals surface area contributed by atoms with Gasteiger partial charge in [0.05, 0.1) is 19.3 Å². The van der Waals surface area contributed by atoms with Gasteiger partial charge < -0.3 is 14.9 Å². The fourth-order valence-corrected chi connectivity index (χ4v) is 3.07. The molecule has 0 aliphatic carbocycles. The topological polar surface area (TPSA) is 66.8 Å². The molecule has 0 aliphatic rings. The number of ether oxygens (including phenoxy) is 1. The number of aliphatic hydroxyl groups excluding tert-OH is 2. The lowest BCUT2D eigenvalue weighted by Gasteiger charge is -2.08. The Balaban J connectivity index is 4.17. The van der Waals surface area contributed by atoms with Gasteiger partial charge in [-0.15, -0.1) is 0 Å². The van der Waals surface area contributed by atoms with Gasteiger partial charge in [-0.05, 0) is 42.8 Å². The molecule has 0 spiro atoms. The van der Waals surface area contributed by atoms with Gasteiger partial charge in [0, 0.05) is 15.4 Å². The van der Waals surface area contributed by atoms with Gasteiger partial charge in [-0.25, -0.2) is 0 Å². The van der Waals surface area contributed by atoms with Crippen LogP contribution in [0.2, 0.25) is 0 Å². The van der Waals surface area contributed by atoms with E-state index in [0.717, 1.165) is 10.9 Å². The predicted octanol–water partition coefficient (Wildman–Crippen LogP) is 4.85. The third-order valence-corrected chi connectivity index (χ3v) is 4.66. The number of halogens is 3. The molecule has 0 rings (SSSR count). The first-order valence-corrected chi connectivity index (χ1v) is 10.00. The third-order valence-electron chi connectivity index (χ3n) is 3.02. The van der Waals surface area contributed by atoms with Gasteiger partial charge in [0.25, 0.3) is 0 Å². The van der Waals surface area contributed by atoms with Gasteiger partial charge in [-0.2, -0.15) is 0 Å². The normalized spacial score (nSPS) is 15.9. The summed E-state index contributed by atoms with van der Waals surface area (Å²) in [5.74, 6) is -0.280. The summed E-state index contributed by atoms with van der Waals surface area (Å²) in [7, 11) is 1.34. The number of carbonyl (C=O) groups excluding carboxylic acids is 1. The minimum Gasteiger partial charge on any atom is -0.469 e. The van der Waals surface area contributed by atoms with Crippen LogP contribution in [0.25, 0.3) is 0 Å². The van der Waals surface area contributed by atoms with Crippen molar-refractivity contribution in [3.05, 3.63) is 44.3 Å². The van der Waals surface area contributed by atoms with Crippen LogP contribution in [0.4, 0.5) is 0 Å². The van der Waals surface area contributed by atoms with E-state index < -0.39 is 12.2 Å². The first-order valence-electron chi connectivity index (χ1n) is 7.50. The third kappa shape index (κ3) is 13.1. The van der Waals surface area contributed by atoms with Crippen molar-refractivity contribution in [2.75, 3.05) is 7.11 Å². The van der Waals surface area contributed by atoms with Crippen LogP contribution in [0, 0.1) is 0 Å². The largest absolute Gasteiger partial charge is 0.469 e. The van der Waals surface area contributed by atoms with Crippen LogP contribution in [0.15, 0.2) is 44.3 Å². The van der Waals surface area contributed by atoms with E-state index in [9.17, 15) is 15.0 Å². The number of carbonyl (C=O) groups is 1. The van der Waals surface area contributed by atoms with E-state index in [0.29, 0.717) is 23.7 Å². The zero-order valence-corrected chi connectivity index (χ0v) is 18.3. The molecule has 0 aromatic rings. The van der Waals surface area contributed by atoms with Crippen molar-refractivity contribution in [1.29, 1.82) is 0 Å². The Labute approximate surface area is 168 Å². The van der Waals surface area contributed by atoms with E-state index in [-0.39, 0.29) is 12.4 Å². The first kappa shape index (κ1) is 23.8. The number of allylic oxidation sites excluding steroid dienone is 5. The summed E-state index contributed by atoms with van der Waals surface area (Å²) in [6.45, 7) is 0. The minimum atomic E-state index is -0.675. The Morgan fingerprint density at radius 2 is 1.96 bits per heavy atom. The Bertz CT molecular complexity index is 484. The van der Waals surface area contributed by atoms with Gasteiger partial charge in [0.1, 0.15) is 0 Å². The highest BCUT2D eigenvalue weighted by molar-refractivity contribution is 9.12. The second-order valence-electron chi connectivity index (χ2n) is 4.95. The summed E-state index contributed by atoms with van der Waals surface area (Å²) < 4.78 is 6.11. The van der Waals surface area contributed by atoms with Gasteiger partial charge >= 0.3 is 5.97 Å². The Kier molecular flexibility index (Phi) is 14.9. The fourth-order valence-electron chi connectivity index (χ4n) is 1.68. The number of rotatable bonds is 11. The first-order chi connectivity index (χ1) is 11.4. The van der Waals surface area contributed by atoms with Crippen molar-refractivity contribution in [2.45, 2.75) is 44.3 Å². The van der Waals surface area contributed by atoms with Crippen LogP contribution in [-0.2, 0) is 9.53 Å². The smallest absolute Gasteiger partial charge is 0.305 e. The molecule has 136 valence electrons. The number of aliphatic hydroxyl groups is 2. The molecule has 24 heavy (non-hydrogen) atoms. The van der Waals surface area contributed by atoms with E-state index >= 15 is 0 Å². The second kappa shape index (κ2) is 15.1. The molecular formula is C17H23Br3O4. The highest BCUT2D eigenvalue weighted by atomic mass is 79.9. The number of hydrogen-bond donors (Lipinski definition) is 2. The van der Waals surface area contributed by atoms with Crippen molar-refractivity contribution >= 4 is 53.8 Å². The lowest BCUT2D eigenvalue weighted by molar-refractivity contribution is -0.140. The average Bonchev–Trinajstić information content (AvgIpc) is 2.54. The van der Waals surface area contributed by atoms with Gasteiger partial charge in [0.2, 0.25) is 0 Å². The van der Waals surface area contributed by atoms with E-state index in [1.54, 1.807) is 23.2 Å². The zero-order chi connectivity index (χ0) is 18.4. The maximum Gasteiger partial charge on any atom is 0.305 e. The van der Waals surface area contributed by atoms with Crippen molar-refractivity contribution in [3.63, 3.8) is 0 Å². The molecule has 0 saturated carbocycles. The van der Waals surface area contributed by atoms with Gasteiger partial charge in [0.15, 0.2) is 0 Å². The van der Waals surface area contributed by atoms with Gasteiger partial charge in [-0.3, -0.25) is 4.79 Å². The predicted molar refractivity (Wildman–Crippen MR) is 108 cm³/mol. The number of esters is 1.